The quantitative estimate of drug-likeness (QED) is 0.687. The number of fused-ring (bicyclic) bond motifs is 4. The van der Waals surface area contributed by atoms with Gasteiger partial charge >= 0.3 is 6.09 Å². The number of anilines is 1. The molecule has 8 nitrogen and oxygen atoms in total. The summed E-state index contributed by atoms with van der Waals surface area (Å²) in [6.45, 7) is 4.54. The van der Waals surface area contributed by atoms with Crippen molar-refractivity contribution in [3.05, 3.63) is 64.7 Å². The molecular formula is C27H32N4O4. The molecule has 4 heterocycles. The zero-order valence-corrected chi connectivity index (χ0v) is 19.8. The highest BCUT2D eigenvalue weighted by Crippen LogP contribution is 2.36. The molecule has 2 unspecified atom stereocenters. The molecule has 0 aromatic heterocycles. The van der Waals surface area contributed by atoms with E-state index in [1.807, 2.05) is 12.1 Å². The molecule has 2 amide bonds. The Morgan fingerprint density at radius 2 is 1.77 bits per heavy atom. The van der Waals surface area contributed by atoms with Crippen molar-refractivity contribution in [1.82, 2.24) is 14.7 Å². The van der Waals surface area contributed by atoms with E-state index in [0.717, 1.165) is 49.2 Å². The molecule has 2 saturated heterocycles. The number of aliphatic hydroxyl groups is 1. The lowest BCUT2D eigenvalue weighted by molar-refractivity contribution is 0.0493. The maximum absolute atomic E-state index is 13.2. The molecule has 6 rings (SSSR count). The van der Waals surface area contributed by atoms with Crippen LogP contribution in [0.15, 0.2) is 42.5 Å². The first kappa shape index (κ1) is 22.4. The van der Waals surface area contributed by atoms with Crippen LogP contribution >= 0.6 is 0 Å². The number of carbonyl (C=O) groups is 2. The van der Waals surface area contributed by atoms with Gasteiger partial charge in [0, 0.05) is 63.1 Å². The van der Waals surface area contributed by atoms with Gasteiger partial charge in [0.2, 0.25) is 0 Å². The predicted octanol–water partition coefficient (Wildman–Crippen LogP) is 2.04. The van der Waals surface area contributed by atoms with Gasteiger partial charge in [0.1, 0.15) is 0 Å². The molecule has 2 N–H and O–H groups in total. The van der Waals surface area contributed by atoms with E-state index in [0.29, 0.717) is 32.7 Å². The number of rotatable bonds is 5. The summed E-state index contributed by atoms with van der Waals surface area (Å²) in [5.74, 6) is -0.0131. The number of hydrogen-bond acceptors (Lipinski definition) is 5. The third kappa shape index (κ3) is 4.15. The summed E-state index contributed by atoms with van der Waals surface area (Å²) in [7, 11) is 0. The smallest absolute Gasteiger partial charge is 0.407 e. The van der Waals surface area contributed by atoms with E-state index in [9.17, 15) is 19.8 Å². The normalized spacial score (nSPS) is 24.5. The molecule has 35 heavy (non-hydrogen) atoms. The lowest BCUT2D eigenvalue weighted by Crippen LogP contribution is -2.48. The van der Waals surface area contributed by atoms with Crippen LogP contribution in [-0.2, 0) is 19.4 Å². The van der Waals surface area contributed by atoms with Crippen molar-refractivity contribution in [1.29, 1.82) is 0 Å². The summed E-state index contributed by atoms with van der Waals surface area (Å²) >= 11 is 0. The van der Waals surface area contributed by atoms with Crippen molar-refractivity contribution in [3.63, 3.8) is 0 Å². The molecule has 2 aromatic rings. The van der Waals surface area contributed by atoms with Crippen molar-refractivity contribution in [2.45, 2.75) is 44.0 Å². The standard InChI is InChI=1S/C27H32N4O4/c32-24(16-28-9-7-18-3-1-2-4-20(18)13-28)17-29-10-8-19-11-21(5-6-25(19)26(29)33)30-14-23-12-22(30)15-31(23)27(34)35/h1-6,11,22-24,32H,7-10,12-17H2,(H,34,35)/t22?,23?,24-/m1/s1. The minimum Gasteiger partial charge on any atom is -0.465 e. The summed E-state index contributed by atoms with van der Waals surface area (Å²) in [6.07, 6.45) is 1.22. The van der Waals surface area contributed by atoms with Crippen LogP contribution in [0, 0.1) is 0 Å². The molecule has 0 aliphatic carbocycles. The van der Waals surface area contributed by atoms with Gasteiger partial charge in [0.05, 0.1) is 12.1 Å². The second kappa shape index (κ2) is 8.84. The van der Waals surface area contributed by atoms with Gasteiger partial charge < -0.3 is 24.9 Å². The number of piperazine rings is 1. The average molecular weight is 477 g/mol. The van der Waals surface area contributed by atoms with Crippen molar-refractivity contribution in [3.8, 4) is 0 Å². The first-order valence-corrected chi connectivity index (χ1v) is 12.6. The Balaban J connectivity index is 1.07. The minimum atomic E-state index is -0.833. The van der Waals surface area contributed by atoms with E-state index >= 15 is 0 Å². The minimum absolute atomic E-state index is 0.0131. The lowest BCUT2D eigenvalue weighted by Gasteiger charge is -2.36. The first-order valence-electron chi connectivity index (χ1n) is 12.6. The van der Waals surface area contributed by atoms with Crippen LogP contribution < -0.4 is 4.90 Å². The molecular weight excluding hydrogens is 444 g/mol. The van der Waals surface area contributed by atoms with Gasteiger partial charge in [-0.1, -0.05) is 24.3 Å². The largest absolute Gasteiger partial charge is 0.465 e. The second-order valence-corrected chi connectivity index (χ2v) is 10.4. The molecule has 0 spiro atoms. The maximum Gasteiger partial charge on any atom is 0.407 e. The lowest BCUT2D eigenvalue weighted by atomic mass is 9.97. The van der Waals surface area contributed by atoms with E-state index in [2.05, 4.69) is 40.1 Å². The number of likely N-dealkylation sites (tertiary alicyclic amines) is 1. The summed E-state index contributed by atoms with van der Waals surface area (Å²) in [5, 5.41) is 20.1. The molecule has 0 radical (unpaired) electrons. The number of carbonyl (C=O) groups excluding carboxylic acids is 1. The Morgan fingerprint density at radius 3 is 2.54 bits per heavy atom. The number of nitrogens with zero attached hydrogens (tertiary/aromatic N) is 4. The third-order valence-electron chi connectivity index (χ3n) is 8.19. The molecule has 2 aromatic carbocycles. The van der Waals surface area contributed by atoms with Crippen molar-refractivity contribution in [2.75, 3.05) is 44.2 Å². The monoisotopic (exact) mass is 476 g/mol. The molecule has 4 aliphatic rings. The van der Waals surface area contributed by atoms with E-state index in [-0.39, 0.29) is 18.0 Å². The molecule has 8 heteroatoms. The zero-order valence-electron chi connectivity index (χ0n) is 19.8. The number of β-amino-alcohol motifs (C(OH)–C–C–N with tert-alkyl or cyclic N) is 1. The van der Waals surface area contributed by atoms with E-state index in [1.54, 1.807) is 9.80 Å². The van der Waals surface area contributed by atoms with Gasteiger partial charge in [0.15, 0.2) is 0 Å². The zero-order chi connectivity index (χ0) is 24.1. The Labute approximate surface area is 205 Å². The second-order valence-electron chi connectivity index (χ2n) is 10.4. The Bertz CT molecular complexity index is 1150. The van der Waals surface area contributed by atoms with E-state index in [4.69, 9.17) is 0 Å². The van der Waals surface area contributed by atoms with Crippen LogP contribution in [0.1, 0.15) is 33.5 Å². The van der Waals surface area contributed by atoms with Gasteiger partial charge in [-0.15, -0.1) is 0 Å². The molecule has 0 saturated carbocycles. The van der Waals surface area contributed by atoms with Crippen LogP contribution in [-0.4, -0.2) is 94.4 Å². The number of amides is 2. The van der Waals surface area contributed by atoms with Crippen molar-refractivity contribution < 1.29 is 19.8 Å². The summed E-state index contributed by atoms with van der Waals surface area (Å²) in [5.41, 5.74) is 5.56. The van der Waals surface area contributed by atoms with Crippen LogP contribution in [0.5, 0.6) is 0 Å². The molecule has 4 aliphatic heterocycles. The van der Waals surface area contributed by atoms with Gasteiger partial charge in [-0.2, -0.15) is 0 Å². The van der Waals surface area contributed by atoms with Gasteiger partial charge in [-0.05, 0) is 54.2 Å². The van der Waals surface area contributed by atoms with Crippen LogP contribution in [0.2, 0.25) is 0 Å². The van der Waals surface area contributed by atoms with Crippen molar-refractivity contribution in [2.24, 2.45) is 0 Å². The number of hydrogen-bond donors (Lipinski definition) is 2. The van der Waals surface area contributed by atoms with Crippen LogP contribution in [0.25, 0.3) is 0 Å². The number of carboxylic acid groups (broad SMARTS) is 1. The SMILES string of the molecule is O=C1c2ccc(N3CC4CC3CN4C(=O)O)cc2CCN1C[C@H](O)CN1CCc2ccccc2C1. The first-order chi connectivity index (χ1) is 17.0. The number of aliphatic hydroxyl groups excluding tert-OH is 1. The fourth-order valence-electron chi connectivity index (χ4n) is 6.41. The number of benzene rings is 2. The highest BCUT2D eigenvalue weighted by molar-refractivity contribution is 5.97. The summed E-state index contributed by atoms with van der Waals surface area (Å²) in [6, 6.07) is 14.8. The van der Waals surface area contributed by atoms with Crippen molar-refractivity contribution >= 4 is 17.7 Å². The van der Waals surface area contributed by atoms with E-state index in [1.165, 1.54) is 11.1 Å². The molecule has 2 bridgehead atoms. The predicted molar refractivity (Wildman–Crippen MR) is 132 cm³/mol. The highest BCUT2D eigenvalue weighted by atomic mass is 16.4. The maximum atomic E-state index is 13.2. The molecule has 2 fully saturated rings. The fourth-order valence-corrected chi connectivity index (χ4v) is 6.41. The summed E-state index contributed by atoms with van der Waals surface area (Å²) in [4.78, 5) is 32.5. The average Bonchev–Trinajstić information content (AvgIpc) is 3.47. The topological polar surface area (TPSA) is 87.6 Å². The molecule has 3 atom stereocenters. The Hall–Kier alpha value is -3.10. The fraction of sp³-hybridized carbons (Fsp3) is 0.481. The van der Waals surface area contributed by atoms with Crippen LogP contribution in [0.3, 0.4) is 0 Å². The van der Waals surface area contributed by atoms with Gasteiger partial charge in [0.25, 0.3) is 5.91 Å². The van der Waals surface area contributed by atoms with Crippen LogP contribution in [0.4, 0.5) is 10.5 Å². The van der Waals surface area contributed by atoms with Gasteiger partial charge in [-0.25, -0.2) is 4.79 Å². The van der Waals surface area contributed by atoms with E-state index < -0.39 is 12.2 Å². The summed E-state index contributed by atoms with van der Waals surface area (Å²) < 4.78 is 0. The highest BCUT2D eigenvalue weighted by Gasteiger charge is 2.45. The third-order valence-corrected chi connectivity index (χ3v) is 8.19. The Morgan fingerprint density at radius 1 is 0.971 bits per heavy atom. The van der Waals surface area contributed by atoms with Gasteiger partial charge in [-0.3, -0.25) is 9.69 Å². The molecule has 184 valence electrons. The Kier molecular flexibility index (Phi) is 5.65.